The molecule has 4 amide bonds. The molecule has 2 aliphatic rings. The molecule has 1 unspecified atom stereocenters. The van der Waals surface area contributed by atoms with Gasteiger partial charge in [-0.2, -0.15) is 4.48 Å². The third-order valence-electron chi connectivity index (χ3n) is 8.49. The van der Waals surface area contributed by atoms with Gasteiger partial charge in [-0.05, 0) is 48.7 Å². The number of amides is 4. The van der Waals surface area contributed by atoms with Crippen LogP contribution in [0.5, 0.6) is 11.5 Å². The predicted octanol–water partition coefficient (Wildman–Crippen LogP) is 5.32. The van der Waals surface area contributed by atoms with E-state index < -0.39 is 34.2 Å². The normalized spacial score (nSPS) is 17.3. The fourth-order valence-electron chi connectivity index (χ4n) is 6.18. The number of para-hydroxylation sites is 1. The Hall–Kier alpha value is -4.30. The highest BCUT2D eigenvalue weighted by atomic mass is 16.5. The van der Waals surface area contributed by atoms with Crippen LogP contribution in [-0.4, -0.2) is 53.3 Å². The van der Waals surface area contributed by atoms with E-state index in [-0.39, 0.29) is 25.6 Å². The molecule has 0 bridgehead atoms. The lowest BCUT2D eigenvalue weighted by Crippen LogP contribution is -2.65. The summed E-state index contributed by atoms with van der Waals surface area (Å²) >= 11 is 0. The maximum absolute atomic E-state index is 14.4. The van der Waals surface area contributed by atoms with Crippen molar-refractivity contribution in [1.82, 2.24) is 10.6 Å². The highest BCUT2D eigenvalue weighted by Gasteiger charge is 2.53. The molecule has 3 aromatic carbocycles. The number of nitrogens with one attached hydrogen (secondary N) is 2. The molecule has 224 valence electrons. The van der Waals surface area contributed by atoms with E-state index >= 15 is 0 Å². The summed E-state index contributed by atoms with van der Waals surface area (Å²) in [6, 6.07) is 24.3. The van der Waals surface area contributed by atoms with Gasteiger partial charge in [-0.1, -0.05) is 80.3 Å². The molecule has 1 saturated heterocycles. The number of carbonyl (C=O) groups excluding carboxylic acids is 4. The molecule has 3 aromatic rings. The van der Waals surface area contributed by atoms with E-state index in [4.69, 9.17) is 4.74 Å². The number of rotatable bonds is 8. The monoisotopic (exact) mass is 582 g/mol. The molecule has 8 nitrogen and oxygen atoms in total. The zero-order valence-corrected chi connectivity index (χ0v) is 24.5. The van der Waals surface area contributed by atoms with E-state index in [0.717, 1.165) is 44.1 Å². The predicted molar refractivity (Wildman–Crippen MR) is 163 cm³/mol. The van der Waals surface area contributed by atoms with Crippen molar-refractivity contribution >= 4 is 23.6 Å². The lowest BCUT2D eigenvalue weighted by molar-refractivity contribution is -0.762. The first kappa shape index (κ1) is 30.2. The molecule has 1 aliphatic carbocycles. The third kappa shape index (κ3) is 7.56. The van der Waals surface area contributed by atoms with Crippen molar-refractivity contribution in [2.75, 3.05) is 13.1 Å². The number of likely N-dealkylation sites (tertiary alicyclic amines) is 1. The summed E-state index contributed by atoms with van der Waals surface area (Å²) in [6.07, 6.45) is 7.46. The van der Waals surface area contributed by atoms with E-state index in [1.165, 1.54) is 0 Å². The van der Waals surface area contributed by atoms with Crippen molar-refractivity contribution in [3.8, 4) is 11.5 Å². The van der Waals surface area contributed by atoms with Gasteiger partial charge in [-0.3, -0.25) is 9.59 Å². The van der Waals surface area contributed by atoms with Gasteiger partial charge in [0.05, 0.1) is 13.1 Å². The molecule has 1 aliphatic heterocycles. The minimum Gasteiger partial charge on any atom is -0.457 e. The molecular weight excluding hydrogens is 542 g/mol. The molecule has 0 radical (unpaired) electrons. The Labute approximate surface area is 253 Å². The first-order chi connectivity index (χ1) is 20.9. The smallest absolute Gasteiger partial charge is 0.411 e. The maximum Gasteiger partial charge on any atom is 0.411 e. The summed E-state index contributed by atoms with van der Waals surface area (Å²) < 4.78 is 5.33. The van der Waals surface area contributed by atoms with Gasteiger partial charge < -0.3 is 15.4 Å². The molecular formula is C35H40N3O5+. The van der Waals surface area contributed by atoms with Gasteiger partial charge in [-0.15, -0.1) is 0 Å². The van der Waals surface area contributed by atoms with Crippen molar-refractivity contribution in [2.45, 2.75) is 69.9 Å². The number of imide groups is 1. The molecule has 2 N–H and O–H groups in total. The summed E-state index contributed by atoms with van der Waals surface area (Å²) in [5, 5.41) is 5.85. The summed E-state index contributed by atoms with van der Waals surface area (Å²) in [6.45, 7) is 0.495. The fraction of sp³-hybridized carbons (Fsp3) is 0.371. The van der Waals surface area contributed by atoms with E-state index in [1.54, 1.807) is 24.3 Å². The second kappa shape index (κ2) is 14.2. The summed E-state index contributed by atoms with van der Waals surface area (Å²) in [5.41, 5.74) is 1.17. The van der Waals surface area contributed by atoms with Crippen molar-refractivity contribution in [3.63, 3.8) is 0 Å². The van der Waals surface area contributed by atoms with Crippen LogP contribution in [0, 0.1) is 0 Å². The van der Waals surface area contributed by atoms with Crippen LogP contribution in [-0.2, 0) is 20.8 Å². The maximum atomic E-state index is 14.4. The summed E-state index contributed by atoms with van der Waals surface area (Å²) in [4.78, 5) is 55.1. The first-order valence-corrected chi connectivity index (χ1v) is 15.4. The van der Waals surface area contributed by atoms with Gasteiger partial charge >= 0.3 is 17.7 Å². The Bertz CT molecular complexity index is 1410. The van der Waals surface area contributed by atoms with E-state index in [2.05, 4.69) is 10.6 Å². The van der Waals surface area contributed by atoms with Crippen molar-refractivity contribution in [1.29, 1.82) is 0 Å². The van der Waals surface area contributed by atoms with Crippen LogP contribution in [0.2, 0.25) is 0 Å². The number of hydrogen-bond donors (Lipinski definition) is 2. The SMILES string of the molecule is O=C(NC1CCCCCC1)C(=O)[N+]1(C(=O)C(Cc2ccccc2)NC(=O)c2cccc(Oc3ccccc3)c2)CCCC1. The Morgan fingerprint density at radius 1 is 0.744 bits per heavy atom. The Morgan fingerprint density at radius 3 is 2.05 bits per heavy atom. The second-order valence-electron chi connectivity index (χ2n) is 11.6. The second-order valence-corrected chi connectivity index (χ2v) is 11.6. The Balaban J connectivity index is 1.37. The number of carbonyl (C=O) groups is 4. The van der Waals surface area contributed by atoms with Crippen LogP contribution >= 0.6 is 0 Å². The van der Waals surface area contributed by atoms with Crippen molar-refractivity contribution in [3.05, 3.63) is 96.1 Å². The standard InChI is InChI=1S/C35H39N3O5/c39-32(27-16-13-21-30(25-27)43-29-19-9-4-10-20-29)37-31(24-26-14-5-3-6-15-26)34(41)38(22-11-12-23-38)35(42)33(40)36-28-17-7-1-2-8-18-28/h3-6,9-10,13-16,19-21,25,28,31H,1-2,7-8,11-12,17-18,22-24H2,(H-,36,37,39,40)/p+1. The molecule has 5 rings (SSSR count). The van der Waals surface area contributed by atoms with Crippen LogP contribution in [0.3, 0.4) is 0 Å². The average molecular weight is 583 g/mol. The molecule has 1 saturated carbocycles. The zero-order valence-electron chi connectivity index (χ0n) is 24.5. The summed E-state index contributed by atoms with van der Waals surface area (Å²) in [5.74, 6) is -1.21. The minimum absolute atomic E-state index is 0.0538. The van der Waals surface area contributed by atoms with Crippen LogP contribution in [0.4, 0.5) is 0 Å². The van der Waals surface area contributed by atoms with E-state index in [9.17, 15) is 19.2 Å². The highest BCUT2D eigenvalue weighted by molar-refractivity contribution is 6.33. The van der Waals surface area contributed by atoms with Gasteiger partial charge in [-0.25, -0.2) is 9.59 Å². The lowest BCUT2D eigenvalue weighted by atomic mass is 10.0. The molecule has 0 spiro atoms. The van der Waals surface area contributed by atoms with Crippen LogP contribution in [0.25, 0.3) is 0 Å². The van der Waals surface area contributed by atoms with Crippen LogP contribution in [0.15, 0.2) is 84.9 Å². The largest absolute Gasteiger partial charge is 0.457 e. The van der Waals surface area contributed by atoms with Gasteiger partial charge in [0.25, 0.3) is 5.91 Å². The van der Waals surface area contributed by atoms with E-state index in [1.807, 2.05) is 60.7 Å². The van der Waals surface area contributed by atoms with Crippen molar-refractivity contribution in [2.24, 2.45) is 0 Å². The third-order valence-corrected chi connectivity index (χ3v) is 8.49. The number of nitrogens with zero attached hydrogens (tertiary/aromatic N) is 1. The molecule has 0 aromatic heterocycles. The Kier molecular flexibility index (Phi) is 10.00. The molecule has 1 atom stereocenters. The fourth-order valence-corrected chi connectivity index (χ4v) is 6.18. The Morgan fingerprint density at radius 2 is 1.37 bits per heavy atom. The van der Waals surface area contributed by atoms with Gasteiger partial charge in [0.15, 0.2) is 0 Å². The van der Waals surface area contributed by atoms with Crippen LogP contribution < -0.4 is 15.4 Å². The van der Waals surface area contributed by atoms with Crippen molar-refractivity contribution < 1.29 is 28.4 Å². The van der Waals surface area contributed by atoms with Gasteiger partial charge in [0, 0.05) is 30.9 Å². The molecule has 8 heteroatoms. The van der Waals surface area contributed by atoms with Crippen LogP contribution in [0.1, 0.15) is 67.3 Å². The number of quaternary nitrogens is 1. The van der Waals surface area contributed by atoms with Gasteiger partial charge in [0.1, 0.15) is 17.5 Å². The molecule has 1 heterocycles. The quantitative estimate of drug-likeness (QED) is 0.213. The lowest BCUT2D eigenvalue weighted by Gasteiger charge is -2.32. The number of hydrogen-bond acceptors (Lipinski definition) is 5. The first-order valence-electron chi connectivity index (χ1n) is 15.4. The summed E-state index contributed by atoms with van der Waals surface area (Å²) in [7, 11) is 0. The zero-order chi connectivity index (χ0) is 30.1. The number of benzene rings is 3. The highest BCUT2D eigenvalue weighted by Crippen LogP contribution is 2.26. The molecule has 43 heavy (non-hydrogen) atoms. The molecule has 2 fully saturated rings. The minimum atomic E-state index is -1.01. The number of ether oxygens (including phenoxy) is 1. The van der Waals surface area contributed by atoms with Gasteiger partial charge in [0.2, 0.25) is 0 Å². The topological polar surface area (TPSA) is 102 Å². The van der Waals surface area contributed by atoms with E-state index in [0.29, 0.717) is 29.9 Å². The average Bonchev–Trinajstić information content (AvgIpc) is 3.40.